The summed E-state index contributed by atoms with van der Waals surface area (Å²) < 4.78 is 12.0. The maximum absolute atomic E-state index is 12.5. The molecule has 0 bridgehead atoms. The van der Waals surface area contributed by atoms with E-state index in [2.05, 4.69) is 15.2 Å². The summed E-state index contributed by atoms with van der Waals surface area (Å²) in [5.41, 5.74) is 1.35. The van der Waals surface area contributed by atoms with E-state index in [0.29, 0.717) is 44.3 Å². The number of carbonyl (C=O) groups excluding carboxylic acids is 1. The third-order valence-electron chi connectivity index (χ3n) is 5.86. The van der Waals surface area contributed by atoms with Crippen LogP contribution in [-0.2, 0) is 17.9 Å². The van der Waals surface area contributed by atoms with Gasteiger partial charge in [0.25, 0.3) is 5.56 Å². The van der Waals surface area contributed by atoms with Crippen molar-refractivity contribution in [1.82, 2.24) is 19.8 Å². The second-order valence-corrected chi connectivity index (χ2v) is 8.12. The van der Waals surface area contributed by atoms with Gasteiger partial charge in [0.15, 0.2) is 0 Å². The lowest BCUT2D eigenvalue weighted by Crippen LogP contribution is -2.34. The van der Waals surface area contributed by atoms with Crippen LogP contribution in [0.25, 0.3) is 11.0 Å². The molecule has 4 rings (SSSR count). The zero-order valence-corrected chi connectivity index (χ0v) is 18.5. The quantitative estimate of drug-likeness (QED) is 0.535. The van der Waals surface area contributed by atoms with E-state index in [-0.39, 0.29) is 18.1 Å². The van der Waals surface area contributed by atoms with Crippen LogP contribution in [0.4, 0.5) is 4.79 Å². The molecule has 33 heavy (non-hydrogen) atoms. The molecule has 0 unspecified atom stereocenters. The first kappa shape index (κ1) is 22.8. The summed E-state index contributed by atoms with van der Waals surface area (Å²) in [6.45, 7) is 2.60. The number of pyridine rings is 2. The number of hydrogen-bond acceptors (Lipinski definition) is 7. The topological polar surface area (TPSA) is 106 Å². The molecule has 0 aliphatic carbocycles. The standard InChI is InChI=1S/C24H28N4O5/c1-32-21-9-7-18-8-10-22(30)28(23(18)26-21)12-11-27-14-19(20(29)15-27)13-25-24(31)33-16-17-5-3-2-4-6-17/h2-10,19-20,29H,11-16H2,1H3,(H,25,31)/t19-,20+/m0/s1. The zero-order valence-electron chi connectivity index (χ0n) is 18.5. The Hall–Kier alpha value is -3.43. The Labute approximate surface area is 191 Å². The summed E-state index contributed by atoms with van der Waals surface area (Å²) in [5, 5.41) is 14.0. The van der Waals surface area contributed by atoms with Crippen molar-refractivity contribution in [3.63, 3.8) is 0 Å². The molecule has 1 aromatic carbocycles. The van der Waals surface area contributed by atoms with Crippen molar-refractivity contribution in [2.45, 2.75) is 19.3 Å². The monoisotopic (exact) mass is 452 g/mol. The minimum absolute atomic E-state index is 0.114. The van der Waals surface area contributed by atoms with Gasteiger partial charge in [0, 0.05) is 56.2 Å². The molecule has 3 aromatic rings. The van der Waals surface area contributed by atoms with E-state index in [9.17, 15) is 14.7 Å². The van der Waals surface area contributed by atoms with E-state index in [4.69, 9.17) is 9.47 Å². The molecule has 9 nitrogen and oxygen atoms in total. The third kappa shape index (κ3) is 5.68. The fourth-order valence-corrected chi connectivity index (χ4v) is 4.03. The lowest BCUT2D eigenvalue weighted by atomic mass is 10.1. The highest BCUT2D eigenvalue weighted by molar-refractivity contribution is 5.75. The highest BCUT2D eigenvalue weighted by atomic mass is 16.5. The minimum atomic E-state index is -0.568. The number of aliphatic hydroxyl groups is 1. The molecule has 0 saturated carbocycles. The summed E-state index contributed by atoms with van der Waals surface area (Å²) in [5.74, 6) is 0.334. The Morgan fingerprint density at radius 1 is 1.12 bits per heavy atom. The Balaban J connectivity index is 1.29. The SMILES string of the molecule is COc1ccc2ccc(=O)n(CCN3C[C@H](CNC(=O)OCc4ccccc4)[C@H](O)C3)c2n1. The van der Waals surface area contributed by atoms with Gasteiger partial charge in [-0.1, -0.05) is 30.3 Å². The number of alkyl carbamates (subject to hydrolysis) is 1. The van der Waals surface area contributed by atoms with Crippen LogP contribution in [0.5, 0.6) is 5.88 Å². The largest absolute Gasteiger partial charge is 0.481 e. The molecule has 2 N–H and O–H groups in total. The number of carbonyl (C=O) groups is 1. The second-order valence-electron chi connectivity index (χ2n) is 8.12. The number of aliphatic hydroxyl groups excluding tert-OH is 1. The van der Waals surface area contributed by atoms with Gasteiger partial charge < -0.3 is 19.9 Å². The van der Waals surface area contributed by atoms with E-state index < -0.39 is 12.2 Å². The lowest BCUT2D eigenvalue weighted by molar-refractivity contribution is 0.124. The van der Waals surface area contributed by atoms with Crippen LogP contribution >= 0.6 is 0 Å². The van der Waals surface area contributed by atoms with E-state index in [1.165, 1.54) is 13.2 Å². The Kier molecular flexibility index (Phi) is 7.21. The van der Waals surface area contributed by atoms with E-state index in [1.54, 1.807) is 16.7 Å². The van der Waals surface area contributed by atoms with Crippen molar-refractivity contribution in [2.24, 2.45) is 5.92 Å². The summed E-state index contributed by atoms with van der Waals surface area (Å²) in [6, 6.07) is 16.4. The molecule has 0 radical (unpaired) electrons. The maximum Gasteiger partial charge on any atom is 0.407 e. The van der Waals surface area contributed by atoms with Crippen molar-refractivity contribution in [2.75, 3.05) is 33.3 Å². The molecular formula is C24H28N4O5. The number of benzene rings is 1. The number of rotatable bonds is 8. The number of β-amino-alcohol motifs (C(OH)–C–C–N with tert-alkyl or cyclic N) is 1. The normalized spacial score (nSPS) is 18.4. The van der Waals surface area contributed by atoms with E-state index in [1.807, 2.05) is 36.4 Å². The molecule has 9 heteroatoms. The van der Waals surface area contributed by atoms with Gasteiger partial charge in [-0.05, 0) is 17.7 Å². The number of ether oxygens (including phenoxy) is 2. The predicted octanol–water partition coefficient (Wildman–Crippen LogP) is 1.62. The minimum Gasteiger partial charge on any atom is -0.481 e. The summed E-state index contributed by atoms with van der Waals surface area (Å²) in [7, 11) is 1.54. The Bertz CT molecular complexity index is 1150. The molecular weight excluding hydrogens is 424 g/mol. The van der Waals surface area contributed by atoms with E-state index >= 15 is 0 Å². The van der Waals surface area contributed by atoms with Crippen LogP contribution in [0.15, 0.2) is 59.4 Å². The third-order valence-corrected chi connectivity index (χ3v) is 5.86. The average Bonchev–Trinajstić information content (AvgIpc) is 3.20. The van der Waals surface area contributed by atoms with Crippen molar-refractivity contribution < 1.29 is 19.4 Å². The number of aromatic nitrogens is 2. The number of methoxy groups -OCH3 is 1. The van der Waals surface area contributed by atoms with Crippen molar-refractivity contribution in [3.05, 3.63) is 70.5 Å². The number of nitrogens with zero attached hydrogens (tertiary/aromatic N) is 3. The Morgan fingerprint density at radius 2 is 1.91 bits per heavy atom. The zero-order chi connectivity index (χ0) is 23.2. The summed E-state index contributed by atoms with van der Waals surface area (Å²) >= 11 is 0. The Morgan fingerprint density at radius 3 is 2.70 bits per heavy atom. The highest BCUT2D eigenvalue weighted by Crippen LogP contribution is 2.18. The fourth-order valence-electron chi connectivity index (χ4n) is 4.03. The molecule has 1 saturated heterocycles. The molecule has 2 atom stereocenters. The fraction of sp³-hybridized carbons (Fsp3) is 0.375. The highest BCUT2D eigenvalue weighted by Gasteiger charge is 2.31. The molecule has 3 heterocycles. The van der Waals surface area contributed by atoms with Crippen LogP contribution in [0.2, 0.25) is 0 Å². The van der Waals surface area contributed by atoms with Gasteiger partial charge in [0.1, 0.15) is 12.3 Å². The van der Waals surface area contributed by atoms with Crippen LogP contribution in [0, 0.1) is 5.92 Å². The molecule has 1 aliphatic rings. The summed E-state index contributed by atoms with van der Waals surface area (Å²) in [4.78, 5) is 31.0. The van der Waals surface area contributed by atoms with Gasteiger partial charge in [0.2, 0.25) is 5.88 Å². The molecule has 174 valence electrons. The number of nitrogens with one attached hydrogen (secondary N) is 1. The van der Waals surface area contributed by atoms with Crippen LogP contribution in [0.1, 0.15) is 5.56 Å². The first-order chi connectivity index (χ1) is 16.0. The van der Waals surface area contributed by atoms with Crippen molar-refractivity contribution >= 4 is 17.1 Å². The smallest absolute Gasteiger partial charge is 0.407 e. The summed E-state index contributed by atoms with van der Waals surface area (Å²) in [6.07, 6.45) is -1.08. The van der Waals surface area contributed by atoms with Gasteiger partial charge in [-0.25, -0.2) is 4.79 Å². The van der Waals surface area contributed by atoms with Gasteiger partial charge in [-0.3, -0.25) is 14.3 Å². The number of amides is 1. The van der Waals surface area contributed by atoms with Gasteiger partial charge >= 0.3 is 6.09 Å². The number of likely N-dealkylation sites (tertiary alicyclic amines) is 1. The molecule has 1 fully saturated rings. The second kappa shape index (κ2) is 10.5. The van der Waals surface area contributed by atoms with Crippen molar-refractivity contribution in [3.8, 4) is 5.88 Å². The van der Waals surface area contributed by atoms with Crippen LogP contribution in [0.3, 0.4) is 0 Å². The van der Waals surface area contributed by atoms with Crippen LogP contribution in [-0.4, -0.2) is 65.0 Å². The molecule has 1 amide bonds. The molecule has 0 spiro atoms. The van der Waals surface area contributed by atoms with E-state index in [0.717, 1.165) is 10.9 Å². The lowest BCUT2D eigenvalue weighted by Gasteiger charge is -2.17. The number of hydrogen-bond donors (Lipinski definition) is 2. The van der Waals surface area contributed by atoms with Gasteiger partial charge in [0.05, 0.1) is 13.2 Å². The molecule has 2 aromatic heterocycles. The predicted molar refractivity (Wildman–Crippen MR) is 123 cm³/mol. The van der Waals surface area contributed by atoms with Gasteiger partial charge in [-0.2, -0.15) is 4.98 Å². The first-order valence-electron chi connectivity index (χ1n) is 10.9. The van der Waals surface area contributed by atoms with Crippen LogP contribution < -0.4 is 15.6 Å². The van der Waals surface area contributed by atoms with Gasteiger partial charge in [-0.15, -0.1) is 0 Å². The maximum atomic E-state index is 12.5. The number of fused-ring (bicyclic) bond motifs is 1. The first-order valence-corrected chi connectivity index (χ1v) is 10.9. The van der Waals surface area contributed by atoms with Crippen molar-refractivity contribution in [1.29, 1.82) is 0 Å². The molecule has 1 aliphatic heterocycles. The average molecular weight is 453 g/mol.